The van der Waals surface area contributed by atoms with Gasteiger partial charge in [-0.05, 0) is 56.2 Å². The molecule has 140 valence electrons. The molecule has 2 aromatic carbocycles. The number of aryl methyl sites for hydroxylation is 2. The van der Waals surface area contributed by atoms with Gasteiger partial charge in [-0.2, -0.15) is 0 Å². The first-order valence-electron chi connectivity index (χ1n) is 8.70. The second kappa shape index (κ2) is 8.73. The van der Waals surface area contributed by atoms with Crippen molar-refractivity contribution in [3.05, 3.63) is 81.7 Å². The Hall–Kier alpha value is -2.79. The minimum absolute atomic E-state index is 0.139. The maximum Gasteiger partial charge on any atom is 0.251 e. The highest BCUT2D eigenvalue weighted by Gasteiger charge is 2.11. The molecule has 27 heavy (non-hydrogen) atoms. The van der Waals surface area contributed by atoms with Crippen LogP contribution in [0.3, 0.4) is 0 Å². The Morgan fingerprint density at radius 2 is 2.00 bits per heavy atom. The van der Waals surface area contributed by atoms with E-state index in [2.05, 4.69) is 10.5 Å². The summed E-state index contributed by atoms with van der Waals surface area (Å²) in [6.45, 7) is 4.60. The molecule has 0 aliphatic rings. The molecule has 0 spiro atoms. The van der Waals surface area contributed by atoms with E-state index >= 15 is 0 Å². The summed E-state index contributed by atoms with van der Waals surface area (Å²) in [6, 6.07) is 14.7. The maximum absolute atomic E-state index is 12.4. The highest BCUT2D eigenvalue weighted by Crippen LogP contribution is 2.18. The Morgan fingerprint density at radius 3 is 2.74 bits per heavy atom. The summed E-state index contributed by atoms with van der Waals surface area (Å²) in [5.41, 5.74) is 3.37. The zero-order valence-corrected chi connectivity index (χ0v) is 16.0. The van der Waals surface area contributed by atoms with E-state index in [1.165, 1.54) is 0 Å². The van der Waals surface area contributed by atoms with Crippen molar-refractivity contribution in [2.24, 2.45) is 0 Å². The van der Waals surface area contributed by atoms with Gasteiger partial charge in [0.25, 0.3) is 5.91 Å². The Morgan fingerprint density at radius 1 is 1.19 bits per heavy atom. The van der Waals surface area contributed by atoms with Crippen molar-refractivity contribution in [2.75, 3.05) is 6.54 Å². The number of carbonyl (C=O) groups is 1. The molecule has 1 heterocycles. The van der Waals surface area contributed by atoms with E-state index in [4.69, 9.17) is 20.9 Å². The lowest BCUT2D eigenvalue weighted by molar-refractivity contribution is 0.0953. The number of rotatable bonds is 7. The fourth-order valence-electron chi connectivity index (χ4n) is 2.71. The summed E-state index contributed by atoms with van der Waals surface area (Å²) >= 11 is 5.97. The molecule has 0 aliphatic carbocycles. The third-order valence-corrected chi connectivity index (χ3v) is 4.48. The van der Waals surface area contributed by atoms with Crippen molar-refractivity contribution in [1.82, 2.24) is 10.5 Å². The van der Waals surface area contributed by atoms with E-state index in [-0.39, 0.29) is 5.91 Å². The Balaban J connectivity index is 1.55. The largest absolute Gasteiger partial charge is 0.489 e. The standard InChI is InChI=1S/C21H21ClN2O3/c1-14-20(15(2)27-24-14)13-26-19-8-4-6-17(12-19)21(25)23-10-9-16-5-3-7-18(22)11-16/h3-8,11-12H,9-10,13H2,1-2H3,(H,23,25). The lowest BCUT2D eigenvalue weighted by atomic mass is 10.1. The van der Waals surface area contributed by atoms with Gasteiger partial charge in [0, 0.05) is 17.1 Å². The molecule has 0 saturated carbocycles. The molecule has 0 saturated heterocycles. The second-order valence-corrected chi connectivity index (χ2v) is 6.69. The van der Waals surface area contributed by atoms with E-state index < -0.39 is 0 Å². The number of amides is 1. The number of hydrogen-bond acceptors (Lipinski definition) is 4. The molecule has 0 atom stereocenters. The Kier molecular flexibility index (Phi) is 6.14. The molecule has 5 nitrogen and oxygen atoms in total. The third kappa shape index (κ3) is 5.11. The van der Waals surface area contributed by atoms with E-state index in [1.807, 2.05) is 44.2 Å². The molecule has 6 heteroatoms. The summed E-state index contributed by atoms with van der Waals surface area (Å²) in [4.78, 5) is 12.4. The first-order chi connectivity index (χ1) is 13.0. The first kappa shape index (κ1) is 19.0. The number of nitrogens with one attached hydrogen (secondary N) is 1. The second-order valence-electron chi connectivity index (χ2n) is 6.26. The van der Waals surface area contributed by atoms with Crippen molar-refractivity contribution in [3.63, 3.8) is 0 Å². The van der Waals surface area contributed by atoms with Gasteiger partial charge in [-0.1, -0.05) is 35.0 Å². The normalized spacial score (nSPS) is 10.6. The number of aromatic nitrogens is 1. The Labute approximate surface area is 163 Å². The Bertz CT molecular complexity index is 917. The highest BCUT2D eigenvalue weighted by atomic mass is 35.5. The summed E-state index contributed by atoms with van der Waals surface area (Å²) in [7, 11) is 0. The number of nitrogens with zero attached hydrogens (tertiary/aromatic N) is 1. The fraction of sp³-hybridized carbons (Fsp3) is 0.238. The van der Waals surface area contributed by atoms with Crippen molar-refractivity contribution in [3.8, 4) is 5.75 Å². The van der Waals surface area contributed by atoms with Crippen LogP contribution in [-0.2, 0) is 13.0 Å². The SMILES string of the molecule is Cc1noc(C)c1COc1cccc(C(=O)NCCc2cccc(Cl)c2)c1. The highest BCUT2D eigenvalue weighted by molar-refractivity contribution is 6.30. The predicted molar refractivity (Wildman–Crippen MR) is 104 cm³/mol. The average molecular weight is 385 g/mol. The van der Waals surface area contributed by atoms with Gasteiger partial charge < -0.3 is 14.6 Å². The number of halogens is 1. The monoisotopic (exact) mass is 384 g/mol. The van der Waals surface area contributed by atoms with Gasteiger partial charge in [0.2, 0.25) is 0 Å². The van der Waals surface area contributed by atoms with E-state index in [0.29, 0.717) is 35.9 Å². The van der Waals surface area contributed by atoms with E-state index in [9.17, 15) is 4.79 Å². The van der Waals surface area contributed by atoms with E-state index in [1.54, 1.807) is 18.2 Å². The fourth-order valence-corrected chi connectivity index (χ4v) is 2.92. The lowest BCUT2D eigenvalue weighted by Gasteiger charge is -2.09. The van der Waals surface area contributed by atoms with Crippen LogP contribution >= 0.6 is 11.6 Å². The zero-order valence-electron chi connectivity index (χ0n) is 15.3. The van der Waals surface area contributed by atoms with Gasteiger partial charge in [-0.3, -0.25) is 4.79 Å². The summed E-state index contributed by atoms with van der Waals surface area (Å²) < 4.78 is 10.9. The molecule has 0 bridgehead atoms. The van der Waals surface area contributed by atoms with Crippen LogP contribution in [0.25, 0.3) is 0 Å². The predicted octanol–water partition coefficient (Wildman–Crippen LogP) is 4.50. The summed E-state index contributed by atoms with van der Waals surface area (Å²) in [5.74, 6) is 1.22. The van der Waals surface area contributed by atoms with Gasteiger partial charge in [0.05, 0.1) is 11.3 Å². The van der Waals surface area contributed by atoms with Gasteiger partial charge in [0.1, 0.15) is 18.1 Å². The molecule has 0 unspecified atom stereocenters. The molecule has 3 rings (SSSR count). The molecular weight excluding hydrogens is 364 g/mol. The van der Waals surface area contributed by atoms with Gasteiger partial charge in [0.15, 0.2) is 0 Å². The minimum Gasteiger partial charge on any atom is -0.489 e. The zero-order chi connectivity index (χ0) is 19.2. The topological polar surface area (TPSA) is 64.4 Å². The van der Waals surface area contributed by atoms with Crippen molar-refractivity contribution >= 4 is 17.5 Å². The molecule has 0 fully saturated rings. The molecule has 1 N–H and O–H groups in total. The minimum atomic E-state index is -0.139. The smallest absolute Gasteiger partial charge is 0.251 e. The molecular formula is C21H21ClN2O3. The number of ether oxygens (including phenoxy) is 1. The van der Waals surface area contributed by atoms with Crippen LogP contribution in [0.1, 0.15) is 32.9 Å². The van der Waals surface area contributed by atoms with Crippen LogP contribution in [0, 0.1) is 13.8 Å². The van der Waals surface area contributed by atoms with Crippen LogP contribution in [0.5, 0.6) is 5.75 Å². The lowest BCUT2D eigenvalue weighted by Crippen LogP contribution is -2.25. The number of carbonyl (C=O) groups excluding carboxylic acids is 1. The quantitative estimate of drug-likeness (QED) is 0.651. The van der Waals surface area contributed by atoms with Crippen LogP contribution < -0.4 is 10.1 Å². The van der Waals surface area contributed by atoms with Crippen molar-refractivity contribution in [2.45, 2.75) is 26.9 Å². The summed E-state index contributed by atoms with van der Waals surface area (Å²) in [6.07, 6.45) is 0.717. The van der Waals surface area contributed by atoms with Gasteiger partial charge in [-0.25, -0.2) is 0 Å². The molecule has 3 aromatic rings. The van der Waals surface area contributed by atoms with Crippen LogP contribution in [0.15, 0.2) is 53.1 Å². The third-order valence-electron chi connectivity index (χ3n) is 4.25. The first-order valence-corrected chi connectivity index (χ1v) is 9.08. The molecule has 0 radical (unpaired) electrons. The van der Waals surface area contributed by atoms with Crippen molar-refractivity contribution < 1.29 is 14.1 Å². The molecule has 1 amide bonds. The maximum atomic E-state index is 12.4. The van der Waals surface area contributed by atoms with Crippen LogP contribution in [0.4, 0.5) is 0 Å². The van der Waals surface area contributed by atoms with Crippen molar-refractivity contribution in [1.29, 1.82) is 0 Å². The van der Waals surface area contributed by atoms with Crippen LogP contribution in [-0.4, -0.2) is 17.6 Å². The molecule has 1 aromatic heterocycles. The summed E-state index contributed by atoms with van der Waals surface area (Å²) in [5, 5.41) is 7.53. The number of hydrogen-bond donors (Lipinski definition) is 1. The van der Waals surface area contributed by atoms with Gasteiger partial charge in [-0.15, -0.1) is 0 Å². The molecule has 0 aliphatic heterocycles. The van der Waals surface area contributed by atoms with E-state index in [0.717, 1.165) is 22.6 Å². The van der Waals surface area contributed by atoms with Gasteiger partial charge >= 0.3 is 0 Å². The van der Waals surface area contributed by atoms with Crippen LogP contribution in [0.2, 0.25) is 5.02 Å². The average Bonchev–Trinajstić information content (AvgIpc) is 2.98. The number of benzene rings is 2.